The molecule has 0 fully saturated rings. The van der Waals surface area contributed by atoms with Gasteiger partial charge in [0.1, 0.15) is 0 Å². The van der Waals surface area contributed by atoms with Crippen molar-refractivity contribution in [2.75, 3.05) is 0 Å². The number of rotatable bonds is 1. The molecule has 1 aliphatic rings. The zero-order valence-electron chi connectivity index (χ0n) is 9.14. The van der Waals surface area contributed by atoms with Crippen LogP contribution in [-0.4, -0.2) is 6.04 Å². The average molecular weight is 209 g/mol. The van der Waals surface area contributed by atoms with E-state index < -0.39 is 0 Å². The maximum atomic E-state index is 6.26. The largest absolute Gasteiger partial charge is 0.327 e. The van der Waals surface area contributed by atoms with E-state index in [4.69, 9.17) is 5.73 Å². The van der Waals surface area contributed by atoms with Crippen molar-refractivity contribution in [1.82, 2.24) is 0 Å². The quantitative estimate of drug-likeness (QED) is 0.767. The van der Waals surface area contributed by atoms with E-state index in [-0.39, 0.29) is 6.04 Å². The van der Waals surface area contributed by atoms with Gasteiger partial charge in [0.25, 0.3) is 0 Å². The molecule has 1 aliphatic carbocycles. The smallest absolute Gasteiger partial charge is 0.0247 e. The van der Waals surface area contributed by atoms with E-state index in [9.17, 15) is 0 Å². The van der Waals surface area contributed by atoms with E-state index in [2.05, 4.69) is 54.6 Å². The molecule has 0 radical (unpaired) electrons. The maximum Gasteiger partial charge on any atom is 0.0247 e. The molecular formula is C15H15N. The van der Waals surface area contributed by atoms with E-state index >= 15 is 0 Å². The van der Waals surface area contributed by atoms with Gasteiger partial charge in [0.2, 0.25) is 0 Å². The summed E-state index contributed by atoms with van der Waals surface area (Å²) in [6.45, 7) is 0. The first-order valence-electron chi connectivity index (χ1n) is 5.74. The van der Waals surface area contributed by atoms with Gasteiger partial charge in [0, 0.05) is 12.0 Å². The Bertz CT molecular complexity index is 490. The van der Waals surface area contributed by atoms with Gasteiger partial charge in [0.15, 0.2) is 0 Å². The Hall–Kier alpha value is -1.60. The summed E-state index contributed by atoms with van der Waals surface area (Å²) >= 11 is 0. The van der Waals surface area contributed by atoms with E-state index in [1.54, 1.807) is 0 Å². The summed E-state index contributed by atoms with van der Waals surface area (Å²) in [6.07, 6.45) is 0.996. The molecule has 1 heteroatoms. The topological polar surface area (TPSA) is 26.0 Å². The minimum atomic E-state index is 0.222. The molecule has 0 amide bonds. The second-order valence-corrected chi connectivity index (χ2v) is 4.46. The van der Waals surface area contributed by atoms with Crippen molar-refractivity contribution in [1.29, 1.82) is 0 Å². The molecule has 1 nitrogen and oxygen atoms in total. The van der Waals surface area contributed by atoms with Gasteiger partial charge in [-0.1, -0.05) is 54.6 Å². The fourth-order valence-electron chi connectivity index (χ4n) is 2.71. The number of nitrogens with two attached hydrogens (primary N) is 1. The van der Waals surface area contributed by atoms with Gasteiger partial charge in [0.05, 0.1) is 0 Å². The molecule has 0 aliphatic heterocycles. The molecule has 16 heavy (non-hydrogen) atoms. The van der Waals surface area contributed by atoms with Gasteiger partial charge in [-0.05, 0) is 23.1 Å². The van der Waals surface area contributed by atoms with Crippen molar-refractivity contribution in [2.45, 2.75) is 18.4 Å². The summed E-state index contributed by atoms with van der Waals surface area (Å²) < 4.78 is 0. The van der Waals surface area contributed by atoms with Crippen LogP contribution < -0.4 is 5.73 Å². The summed E-state index contributed by atoms with van der Waals surface area (Å²) in [5.74, 6) is 0.373. The Labute approximate surface area is 95.9 Å². The first-order valence-corrected chi connectivity index (χ1v) is 5.74. The van der Waals surface area contributed by atoms with Gasteiger partial charge in [-0.25, -0.2) is 0 Å². The van der Waals surface area contributed by atoms with Crippen molar-refractivity contribution in [3.05, 3.63) is 71.3 Å². The Morgan fingerprint density at radius 3 is 2.38 bits per heavy atom. The minimum Gasteiger partial charge on any atom is -0.327 e. The Morgan fingerprint density at radius 1 is 0.875 bits per heavy atom. The van der Waals surface area contributed by atoms with Crippen LogP contribution in [0.15, 0.2) is 54.6 Å². The lowest BCUT2D eigenvalue weighted by Crippen LogP contribution is -2.25. The Kier molecular flexibility index (Phi) is 2.26. The third-order valence-electron chi connectivity index (χ3n) is 3.43. The van der Waals surface area contributed by atoms with Gasteiger partial charge < -0.3 is 5.73 Å². The predicted octanol–water partition coefficient (Wildman–Crippen LogP) is 2.70. The molecule has 0 saturated heterocycles. The standard InChI is InChI=1S/C15H15N/c16-14-10-12-8-4-5-9-13(12)15(14)11-6-2-1-3-7-11/h1-9,14-15H,10,16H2. The van der Waals surface area contributed by atoms with Crippen molar-refractivity contribution in [3.8, 4) is 0 Å². The lowest BCUT2D eigenvalue weighted by molar-refractivity contribution is 0.643. The van der Waals surface area contributed by atoms with Gasteiger partial charge >= 0.3 is 0 Å². The minimum absolute atomic E-state index is 0.222. The van der Waals surface area contributed by atoms with Crippen LogP contribution in [0.1, 0.15) is 22.6 Å². The monoisotopic (exact) mass is 209 g/mol. The van der Waals surface area contributed by atoms with Crippen molar-refractivity contribution >= 4 is 0 Å². The van der Waals surface area contributed by atoms with Crippen molar-refractivity contribution < 1.29 is 0 Å². The van der Waals surface area contributed by atoms with E-state index in [0.29, 0.717) is 5.92 Å². The van der Waals surface area contributed by atoms with Crippen LogP contribution in [-0.2, 0) is 6.42 Å². The van der Waals surface area contributed by atoms with Crippen LogP contribution in [0.5, 0.6) is 0 Å². The van der Waals surface area contributed by atoms with Crippen LogP contribution in [0.4, 0.5) is 0 Å². The Balaban J connectivity index is 2.09. The molecular weight excluding hydrogens is 194 g/mol. The molecule has 0 aromatic heterocycles. The van der Waals surface area contributed by atoms with Gasteiger partial charge in [-0.15, -0.1) is 0 Å². The number of fused-ring (bicyclic) bond motifs is 1. The van der Waals surface area contributed by atoms with E-state index in [0.717, 1.165) is 6.42 Å². The van der Waals surface area contributed by atoms with Crippen molar-refractivity contribution in [3.63, 3.8) is 0 Å². The molecule has 0 spiro atoms. The van der Waals surface area contributed by atoms with Crippen LogP contribution >= 0.6 is 0 Å². The van der Waals surface area contributed by atoms with E-state index in [1.165, 1.54) is 16.7 Å². The highest BCUT2D eigenvalue weighted by Crippen LogP contribution is 2.36. The molecule has 2 N–H and O–H groups in total. The predicted molar refractivity (Wildman–Crippen MR) is 66.4 cm³/mol. The average Bonchev–Trinajstić information content (AvgIpc) is 2.66. The maximum absolute atomic E-state index is 6.26. The summed E-state index contributed by atoms with van der Waals surface area (Å²) in [5.41, 5.74) is 10.4. The molecule has 0 saturated carbocycles. The lowest BCUT2D eigenvalue weighted by Gasteiger charge is -2.17. The summed E-state index contributed by atoms with van der Waals surface area (Å²) in [4.78, 5) is 0. The first-order chi connectivity index (χ1) is 7.86. The van der Waals surface area contributed by atoms with E-state index in [1.807, 2.05) is 0 Å². The van der Waals surface area contributed by atoms with Gasteiger partial charge in [-0.2, -0.15) is 0 Å². The molecule has 2 aromatic rings. The third kappa shape index (κ3) is 1.44. The van der Waals surface area contributed by atoms with Crippen LogP contribution in [0.25, 0.3) is 0 Å². The number of hydrogen-bond acceptors (Lipinski definition) is 1. The lowest BCUT2D eigenvalue weighted by atomic mass is 9.91. The summed E-state index contributed by atoms with van der Waals surface area (Å²) in [6, 6.07) is 19.4. The van der Waals surface area contributed by atoms with Crippen LogP contribution in [0.3, 0.4) is 0 Å². The highest BCUT2D eigenvalue weighted by molar-refractivity contribution is 5.44. The summed E-state index contributed by atoms with van der Waals surface area (Å²) in [7, 11) is 0. The highest BCUT2D eigenvalue weighted by Gasteiger charge is 2.30. The normalized spacial score (nSPS) is 23.1. The molecule has 2 aromatic carbocycles. The summed E-state index contributed by atoms with van der Waals surface area (Å²) in [5, 5.41) is 0. The zero-order valence-corrected chi connectivity index (χ0v) is 9.14. The van der Waals surface area contributed by atoms with Crippen molar-refractivity contribution in [2.24, 2.45) is 5.73 Å². The highest BCUT2D eigenvalue weighted by atomic mass is 14.7. The molecule has 0 bridgehead atoms. The zero-order chi connectivity index (χ0) is 11.0. The number of benzene rings is 2. The molecule has 2 unspecified atom stereocenters. The SMILES string of the molecule is NC1Cc2ccccc2C1c1ccccc1. The number of hydrogen-bond donors (Lipinski definition) is 1. The molecule has 0 heterocycles. The second-order valence-electron chi connectivity index (χ2n) is 4.46. The van der Waals surface area contributed by atoms with Crippen LogP contribution in [0.2, 0.25) is 0 Å². The molecule has 3 rings (SSSR count). The first kappa shape index (κ1) is 9.61. The fourth-order valence-corrected chi connectivity index (χ4v) is 2.71. The fraction of sp³-hybridized carbons (Fsp3) is 0.200. The third-order valence-corrected chi connectivity index (χ3v) is 3.43. The van der Waals surface area contributed by atoms with Crippen LogP contribution in [0, 0.1) is 0 Å². The second kappa shape index (κ2) is 3.76. The molecule has 80 valence electrons. The van der Waals surface area contributed by atoms with Gasteiger partial charge in [-0.3, -0.25) is 0 Å². The molecule has 2 atom stereocenters. The Morgan fingerprint density at radius 2 is 1.56 bits per heavy atom.